The fourth-order valence-electron chi connectivity index (χ4n) is 2.55. The molecule has 0 bridgehead atoms. The molecule has 22 heavy (non-hydrogen) atoms. The van der Waals surface area contributed by atoms with Crippen LogP contribution in [0.2, 0.25) is 0 Å². The molecule has 1 atom stereocenters. The van der Waals surface area contributed by atoms with E-state index in [1.54, 1.807) is 6.20 Å². The second kappa shape index (κ2) is 5.95. The van der Waals surface area contributed by atoms with Gasteiger partial charge < -0.3 is 10.8 Å². The van der Waals surface area contributed by atoms with Gasteiger partial charge in [-0.1, -0.05) is 42.5 Å². The zero-order valence-electron chi connectivity index (χ0n) is 11.9. The summed E-state index contributed by atoms with van der Waals surface area (Å²) in [6.07, 6.45) is 2.10. The quantitative estimate of drug-likeness (QED) is 0.775. The number of aromatic nitrogens is 1. The molecule has 0 fully saturated rings. The fourth-order valence-corrected chi connectivity index (χ4v) is 2.55. The highest BCUT2D eigenvalue weighted by molar-refractivity contribution is 5.94. The molecule has 0 spiro atoms. The summed E-state index contributed by atoms with van der Waals surface area (Å²) in [4.78, 5) is 15.3. The molecule has 3 N–H and O–H groups in total. The highest BCUT2D eigenvalue weighted by Gasteiger charge is 2.12. The zero-order chi connectivity index (χ0) is 15.5. The average Bonchev–Trinajstić information content (AvgIpc) is 2.54. The van der Waals surface area contributed by atoms with Crippen molar-refractivity contribution in [1.29, 1.82) is 0 Å². The van der Waals surface area contributed by atoms with Crippen molar-refractivity contribution in [2.24, 2.45) is 5.73 Å². The number of pyridine rings is 1. The van der Waals surface area contributed by atoms with E-state index in [1.165, 1.54) is 0 Å². The second-order valence-electron chi connectivity index (χ2n) is 5.22. The largest absolute Gasteiger partial charge is 0.480 e. The Balaban J connectivity index is 2.03. The molecule has 0 radical (unpaired) electrons. The van der Waals surface area contributed by atoms with E-state index in [4.69, 9.17) is 10.8 Å². The monoisotopic (exact) mass is 292 g/mol. The van der Waals surface area contributed by atoms with Gasteiger partial charge in [0.05, 0.1) is 5.52 Å². The standard InChI is InChI=1S/C18H16N2O2/c19-16(18(21)22)11-12-4-3-5-13(10-12)14-8-9-20-17-7-2-1-6-15(14)17/h1-10,16H,11,19H2,(H,21,22)/t16-/m0/s1. The number of rotatable bonds is 4. The van der Waals surface area contributed by atoms with Crippen molar-refractivity contribution >= 4 is 16.9 Å². The van der Waals surface area contributed by atoms with Crippen LogP contribution >= 0.6 is 0 Å². The number of aliphatic carboxylic acids is 1. The number of carboxylic acids is 1. The Morgan fingerprint density at radius 2 is 1.95 bits per heavy atom. The SMILES string of the molecule is N[C@@H](Cc1cccc(-c2ccnc3ccccc23)c1)C(=O)O. The van der Waals surface area contributed by atoms with Crippen molar-refractivity contribution in [3.8, 4) is 11.1 Å². The molecule has 0 aliphatic heterocycles. The Morgan fingerprint density at radius 1 is 1.14 bits per heavy atom. The Morgan fingerprint density at radius 3 is 2.77 bits per heavy atom. The van der Waals surface area contributed by atoms with Crippen molar-refractivity contribution in [3.05, 3.63) is 66.4 Å². The van der Waals surface area contributed by atoms with Gasteiger partial charge in [0.1, 0.15) is 6.04 Å². The molecule has 1 aromatic heterocycles. The third-order valence-corrected chi connectivity index (χ3v) is 3.66. The van der Waals surface area contributed by atoms with Crippen LogP contribution in [0.3, 0.4) is 0 Å². The van der Waals surface area contributed by atoms with Crippen molar-refractivity contribution in [3.63, 3.8) is 0 Å². The van der Waals surface area contributed by atoms with Crippen LogP contribution in [0.25, 0.3) is 22.0 Å². The molecule has 4 nitrogen and oxygen atoms in total. The minimum Gasteiger partial charge on any atom is -0.480 e. The highest BCUT2D eigenvalue weighted by Crippen LogP contribution is 2.28. The van der Waals surface area contributed by atoms with Gasteiger partial charge in [-0.3, -0.25) is 9.78 Å². The first-order chi connectivity index (χ1) is 10.6. The lowest BCUT2D eigenvalue weighted by Gasteiger charge is -2.10. The summed E-state index contributed by atoms with van der Waals surface area (Å²) in [5.74, 6) is -0.986. The van der Waals surface area contributed by atoms with Crippen molar-refractivity contribution in [2.45, 2.75) is 12.5 Å². The Labute approximate surface area is 128 Å². The summed E-state index contributed by atoms with van der Waals surface area (Å²) in [5.41, 5.74) is 9.58. The first kappa shape index (κ1) is 14.2. The van der Waals surface area contributed by atoms with Crippen LogP contribution in [-0.4, -0.2) is 22.1 Å². The van der Waals surface area contributed by atoms with E-state index in [9.17, 15) is 4.79 Å². The minimum absolute atomic E-state index is 0.312. The fraction of sp³-hybridized carbons (Fsp3) is 0.111. The number of nitrogens with zero attached hydrogens (tertiary/aromatic N) is 1. The first-order valence-electron chi connectivity index (χ1n) is 7.06. The Bertz CT molecular complexity index is 825. The molecular weight excluding hydrogens is 276 g/mol. The normalized spacial score (nSPS) is 12.2. The number of carbonyl (C=O) groups is 1. The van der Waals surface area contributed by atoms with Crippen LogP contribution in [-0.2, 0) is 11.2 Å². The number of hydrogen-bond acceptors (Lipinski definition) is 3. The van der Waals surface area contributed by atoms with Crippen LogP contribution in [0.1, 0.15) is 5.56 Å². The van der Waals surface area contributed by atoms with E-state index in [0.29, 0.717) is 6.42 Å². The van der Waals surface area contributed by atoms with Gasteiger partial charge in [0.2, 0.25) is 0 Å². The molecular formula is C18H16N2O2. The molecule has 1 heterocycles. The zero-order valence-corrected chi connectivity index (χ0v) is 11.9. The van der Waals surface area contributed by atoms with E-state index in [1.807, 2.05) is 54.6 Å². The van der Waals surface area contributed by atoms with Gasteiger partial charge in [0, 0.05) is 11.6 Å². The van der Waals surface area contributed by atoms with E-state index in [0.717, 1.165) is 27.6 Å². The first-order valence-corrected chi connectivity index (χ1v) is 7.06. The van der Waals surface area contributed by atoms with Gasteiger partial charge in [0.15, 0.2) is 0 Å². The van der Waals surface area contributed by atoms with Crippen LogP contribution in [0.4, 0.5) is 0 Å². The molecule has 0 amide bonds. The lowest BCUT2D eigenvalue weighted by atomic mass is 9.97. The maximum atomic E-state index is 10.9. The smallest absolute Gasteiger partial charge is 0.320 e. The third-order valence-electron chi connectivity index (χ3n) is 3.66. The summed E-state index contributed by atoms with van der Waals surface area (Å²) >= 11 is 0. The maximum Gasteiger partial charge on any atom is 0.320 e. The predicted molar refractivity (Wildman–Crippen MR) is 86.5 cm³/mol. The second-order valence-corrected chi connectivity index (χ2v) is 5.22. The molecule has 110 valence electrons. The van der Waals surface area contributed by atoms with Crippen LogP contribution in [0.15, 0.2) is 60.8 Å². The van der Waals surface area contributed by atoms with Gasteiger partial charge in [-0.05, 0) is 35.2 Å². The number of fused-ring (bicyclic) bond motifs is 1. The number of para-hydroxylation sites is 1. The summed E-state index contributed by atoms with van der Waals surface area (Å²) in [7, 11) is 0. The van der Waals surface area contributed by atoms with E-state index >= 15 is 0 Å². The molecule has 3 aromatic rings. The molecule has 0 aliphatic carbocycles. The van der Waals surface area contributed by atoms with Crippen LogP contribution in [0.5, 0.6) is 0 Å². The third kappa shape index (κ3) is 2.82. The van der Waals surface area contributed by atoms with Gasteiger partial charge in [-0.25, -0.2) is 0 Å². The van der Waals surface area contributed by atoms with E-state index < -0.39 is 12.0 Å². The lowest BCUT2D eigenvalue weighted by molar-refractivity contribution is -0.138. The molecule has 0 aliphatic rings. The predicted octanol–water partition coefficient (Wildman–Crippen LogP) is 2.86. The van der Waals surface area contributed by atoms with Gasteiger partial charge in [-0.15, -0.1) is 0 Å². The topological polar surface area (TPSA) is 76.2 Å². The molecule has 4 heteroatoms. The van der Waals surface area contributed by atoms with Crippen molar-refractivity contribution in [1.82, 2.24) is 4.98 Å². The Kier molecular flexibility index (Phi) is 3.85. The summed E-state index contributed by atoms with van der Waals surface area (Å²) in [5, 5.41) is 10.0. The molecule has 0 saturated heterocycles. The molecule has 0 saturated carbocycles. The summed E-state index contributed by atoms with van der Waals surface area (Å²) < 4.78 is 0. The number of hydrogen-bond donors (Lipinski definition) is 2. The number of nitrogens with two attached hydrogens (primary N) is 1. The van der Waals surface area contributed by atoms with Crippen molar-refractivity contribution < 1.29 is 9.90 Å². The lowest BCUT2D eigenvalue weighted by Crippen LogP contribution is -2.32. The Hall–Kier alpha value is -2.72. The molecule has 3 rings (SSSR count). The van der Waals surface area contributed by atoms with Gasteiger partial charge >= 0.3 is 5.97 Å². The van der Waals surface area contributed by atoms with Crippen molar-refractivity contribution in [2.75, 3.05) is 0 Å². The summed E-state index contributed by atoms with van der Waals surface area (Å²) in [6, 6.07) is 16.9. The summed E-state index contributed by atoms with van der Waals surface area (Å²) in [6.45, 7) is 0. The molecule has 0 unspecified atom stereocenters. The highest BCUT2D eigenvalue weighted by atomic mass is 16.4. The number of benzene rings is 2. The average molecular weight is 292 g/mol. The maximum absolute atomic E-state index is 10.9. The minimum atomic E-state index is -0.986. The number of carboxylic acid groups (broad SMARTS) is 1. The van der Waals surface area contributed by atoms with E-state index in [-0.39, 0.29) is 0 Å². The van der Waals surface area contributed by atoms with Crippen LogP contribution < -0.4 is 5.73 Å². The van der Waals surface area contributed by atoms with Gasteiger partial charge in [-0.2, -0.15) is 0 Å². The van der Waals surface area contributed by atoms with Crippen LogP contribution in [0, 0.1) is 0 Å². The van der Waals surface area contributed by atoms with Gasteiger partial charge in [0.25, 0.3) is 0 Å². The molecule has 2 aromatic carbocycles. The van der Waals surface area contributed by atoms with E-state index in [2.05, 4.69) is 4.98 Å².